The number of carbonyl (C=O) groups excluding carboxylic acids is 5. The molecule has 2 N–H and O–H groups in total. The number of nitrogens with one attached hydrogen (secondary N) is 1. The maximum atomic E-state index is 13.0. The highest BCUT2D eigenvalue weighted by molar-refractivity contribution is 6.05. The number of imide groups is 1. The van der Waals surface area contributed by atoms with Crippen LogP contribution in [-0.4, -0.2) is 69.3 Å². The van der Waals surface area contributed by atoms with E-state index in [9.17, 15) is 29.1 Å². The second-order valence-corrected chi connectivity index (χ2v) is 13.5. The van der Waals surface area contributed by atoms with Gasteiger partial charge in [-0.25, -0.2) is 4.98 Å². The van der Waals surface area contributed by atoms with Gasteiger partial charge in [0.25, 0.3) is 5.91 Å². The lowest BCUT2D eigenvalue weighted by Crippen LogP contribution is -2.44. The van der Waals surface area contributed by atoms with Gasteiger partial charge in [0.1, 0.15) is 19.0 Å². The number of esters is 3. The molecule has 0 unspecified atom stereocenters. The zero-order valence-electron chi connectivity index (χ0n) is 25.7. The van der Waals surface area contributed by atoms with Crippen molar-refractivity contribution in [2.45, 2.75) is 101 Å². The zero-order chi connectivity index (χ0) is 31.7. The molecule has 0 spiro atoms. The van der Waals surface area contributed by atoms with E-state index in [1.54, 1.807) is 76.2 Å². The summed E-state index contributed by atoms with van der Waals surface area (Å²) in [6, 6.07) is 0. The molecule has 1 fully saturated rings. The molecule has 230 valence electrons. The van der Waals surface area contributed by atoms with Crippen molar-refractivity contribution < 1.29 is 48.0 Å². The second kappa shape index (κ2) is 12.2. The van der Waals surface area contributed by atoms with E-state index in [0.717, 1.165) is 10.9 Å². The monoisotopic (exact) mass is 581 g/mol. The normalized spacial score (nSPS) is 21.4. The molecule has 41 heavy (non-hydrogen) atoms. The van der Waals surface area contributed by atoms with Gasteiger partial charge >= 0.3 is 17.9 Å². The lowest BCUT2D eigenvalue weighted by Gasteiger charge is -2.29. The van der Waals surface area contributed by atoms with E-state index < -0.39 is 88.0 Å². The molecule has 1 aliphatic rings. The summed E-state index contributed by atoms with van der Waals surface area (Å²) in [6.45, 7) is 17.6. The van der Waals surface area contributed by atoms with Gasteiger partial charge in [0.2, 0.25) is 11.8 Å². The van der Waals surface area contributed by atoms with E-state index >= 15 is 0 Å². The Bertz CT molecular complexity index is 1170. The highest BCUT2D eigenvalue weighted by atomic mass is 16.7. The molecular formula is C28H43N3O10. The average molecular weight is 582 g/mol. The highest BCUT2D eigenvalue weighted by Crippen LogP contribution is 2.39. The van der Waals surface area contributed by atoms with E-state index in [1.165, 1.54) is 0 Å². The molecule has 0 aliphatic carbocycles. The summed E-state index contributed by atoms with van der Waals surface area (Å²) in [5.74, 6) is -4.57. The van der Waals surface area contributed by atoms with Crippen LogP contribution in [0.5, 0.6) is 5.88 Å². The summed E-state index contributed by atoms with van der Waals surface area (Å²) in [6.07, 6.45) is -4.03. The number of aromatic hydroxyl groups is 1. The van der Waals surface area contributed by atoms with Gasteiger partial charge in [0.05, 0.1) is 16.2 Å². The minimum Gasteiger partial charge on any atom is -0.493 e. The molecule has 13 nitrogen and oxygen atoms in total. The molecule has 0 radical (unpaired) electrons. The summed E-state index contributed by atoms with van der Waals surface area (Å²) < 4.78 is 24.1. The summed E-state index contributed by atoms with van der Waals surface area (Å²) in [5.41, 5.74) is -3.24. The molecule has 4 atom stereocenters. The molecule has 0 saturated carbocycles. The maximum absolute atomic E-state index is 13.0. The number of imidazole rings is 1. The maximum Gasteiger partial charge on any atom is 0.311 e. The van der Waals surface area contributed by atoms with Gasteiger partial charge in [-0.15, -0.1) is 0 Å². The van der Waals surface area contributed by atoms with Crippen molar-refractivity contribution in [1.29, 1.82) is 0 Å². The van der Waals surface area contributed by atoms with E-state index in [2.05, 4.69) is 10.3 Å². The van der Waals surface area contributed by atoms with E-state index in [1.807, 2.05) is 0 Å². The van der Waals surface area contributed by atoms with Gasteiger partial charge in [-0.3, -0.25) is 33.9 Å². The largest absolute Gasteiger partial charge is 0.493 e. The van der Waals surface area contributed by atoms with Crippen LogP contribution in [0.15, 0.2) is 6.33 Å². The first kappa shape index (κ1) is 33.7. The van der Waals surface area contributed by atoms with Gasteiger partial charge in [0.15, 0.2) is 24.1 Å². The van der Waals surface area contributed by atoms with E-state index in [0.29, 0.717) is 0 Å². The van der Waals surface area contributed by atoms with Gasteiger partial charge in [-0.2, -0.15) is 0 Å². The number of amides is 2. The van der Waals surface area contributed by atoms with Crippen molar-refractivity contribution in [3.05, 3.63) is 12.0 Å². The average Bonchev–Trinajstić information content (AvgIpc) is 3.35. The Kier molecular flexibility index (Phi) is 10.0. The molecule has 1 aliphatic heterocycles. The fourth-order valence-corrected chi connectivity index (χ4v) is 3.33. The Hall–Kier alpha value is -3.48. The Labute approximate surface area is 240 Å². The Morgan fingerprint density at radius 3 is 1.85 bits per heavy atom. The summed E-state index contributed by atoms with van der Waals surface area (Å²) in [4.78, 5) is 67.1. The number of rotatable bonds is 7. The third-order valence-electron chi connectivity index (χ3n) is 6.01. The van der Waals surface area contributed by atoms with Crippen molar-refractivity contribution in [2.75, 3.05) is 6.61 Å². The molecule has 2 heterocycles. The topological polar surface area (TPSA) is 172 Å². The zero-order valence-corrected chi connectivity index (χ0v) is 25.7. The molecule has 0 aromatic carbocycles. The highest BCUT2D eigenvalue weighted by Gasteiger charge is 2.53. The smallest absolute Gasteiger partial charge is 0.311 e. The van der Waals surface area contributed by atoms with Crippen LogP contribution in [0.3, 0.4) is 0 Å². The predicted molar refractivity (Wildman–Crippen MR) is 144 cm³/mol. The summed E-state index contributed by atoms with van der Waals surface area (Å²) in [7, 11) is 0. The van der Waals surface area contributed by atoms with Gasteiger partial charge in [0, 0.05) is 5.92 Å². The SMILES string of the molecule is CC(C)C(=O)NC(=O)c1ncn([C@@H]2O[C@H](COC(=O)C(C)(C)C)[C@@H](OC(=O)C(C)(C)C)[C@H]2OC(=O)C(C)(C)C)c1O. The molecule has 0 bridgehead atoms. The van der Waals surface area contributed by atoms with Crippen LogP contribution in [0, 0.1) is 22.2 Å². The molecule has 1 aromatic rings. The fraction of sp³-hybridized carbons (Fsp3) is 0.714. The molecular weight excluding hydrogens is 538 g/mol. The third kappa shape index (κ3) is 8.27. The number of aromatic nitrogens is 2. The van der Waals surface area contributed by atoms with Crippen LogP contribution in [0.25, 0.3) is 0 Å². The van der Waals surface area contributed by atoms with Crippen LogP contribution >= 0.6 is 0 Å². The predicted octanol–water partition coefficient (Wildman–Crippen LogP) is 2.90. The fourth-order valence-electron chi connectivity index (χ4n) is 3.33. The van der Waals surface area contributed by atoms with E-state index in [-0.39, 0.29) is 6.61 Å². The van der Waals surface area contributed by atoms with Gasteiger partial charge < -0.3 is 24.1 Å². The Morgan fingerprint density at radius 1 is 0.902 bits per heavy atom. The third-order valence-corrected chi connectivity index (χ3v) is 6.01. The Balaban J connectivity index is 2.56. The first-order valence-corrected chi connectivity index (χ1v) is 13.4. The molecule has 1 saturated heterocycles. The van der Waals surface area contributed by atoms with Crippen molar-refractivity contribution in [2.24, 2.45) is 22.2 Å². The quantitative estimate of drug-likeness (QED) is 0.358. The molecule has 13 heteroatoms. The number of nitrogens with zero attached hydrogens (tertiary/aromatic N) is 2. The molecule has 1 aromatic heterocycles. The van der Waals surface area contributed by atoms with Gasteiger partial charge in [-0.05, 0) is 62.3 Å². The summed E-state index contributed by atoms with van der Waals surface area (Å²) >= 11 is 0. The summed E-state index contributed by atoms with van der Waals surface area (Å²) in [5, 5.41) is 13.1. The lowest BCUT2D eigenvalue weighted by atomic mass is 9.96. The first-order valence-electron chi connectivity index (χ1n) is 13.4. The van der Waals surface area contributed by atoms with Crippen LogP contribution in [0.4, 0.5) is 0 Å². The lowest BCUT2D eigenvalue weighted by molar-refractivity contribution is -0.179. The first-order chi connectivity index (χ1) is 18.6. The Morgan fingerprint density at radius 2 is 1.39 bits per heavy atom. The van der Waals surface area contributed by atoms with Crippen LogP contribution in [-0.2, 0) is 38.1 Å². The van der Waals surface area contributed by atoms with Crippen LogP contribution < -0.4 is 5.32 Å². The van der Waals surface area contributed by atoms with Crippen molar-refractivity contribution in [1.82, 2.24) is 14.9 Å². The minimum absolute atomic E-state index is 0.371. The van der Waals surface area contributed by atoms with Crippen LogP contribution in [0.1, 0.15) is 92.9 Å². The van der Waals surface area contributed by atoms with Crippen LogP contribution in [0.2, 0.25) is 0 Å². The second-order valence-electron chi connectivity index (χ2n) is 13.5. The molecule has 2 amide bonds. The van der Waals surface area contributed by atoms with Crippen molar-refractivity contribution in [3.8, 4) is 5.88 Å². The standard InChI is InChI=1S/C28H43N3O10/c1-14(2)19(32)30-20(33)16-21(34)31(13-29-16)22-18(41-25(37)28(9,10)11)17(40-24(36)27(6,7)8)15(39-22)12-38-23(35)26(3,4)5/h13-15,17-18,22,34H,12H2,1-11H3,(H,30,32,33)/t15-,17-,18-,22-/m1/s1. The number of hydrogen-bond donors (Lipinski definition) is 2. The molecule has 2 rings (SSSR count). The number of hydrogen-bond acceptors (Lipinski definition) is 11. The number of carbonyl (C=O) groups is 5. The van der Waals surface area contributed by atoms with Crippen molar-refractivity contribution >= 4 is 29.7 Å². The minimum atomic E-state index is -1.35. The van der Waals surface area contributed by atoms with E-state index in [4.69, 9.17) is 18.9 Å². The van der Waals surface area contributed by atoms with Gasteiger partial charge in [-0.1, -0.05) is 13.8 Å². The van der Waals surface area contributed by atoms with Crippen molar-refractivity contribution in [3.63, 3.8) is 0 Å². The number of ether oxygens (including phenoxy) is 4.